The van der Waals surface area contributed by atoms with Gasteiger partial charge < -0.3 is 14.7 Å². The zero-order chi connectivity index (χ0) is 28.8. The molecule has 2 saturated carbocycles. The summed E-state index contributed by atoms with van der Waals surface area (Å²) in [4.78, 5) is 26.5. The lowest BCUT2D eigenvalue weighted by atomic mass is 9.56. The number of ketones is 1. The smallest absolute Gasteiger partial charge is 0.393 e. The van der Waals surface area contributed by atoms with Crippen molar-refractivity contribution in [2.45, 2.75) is 122 Å². The van der Waals surface area contributed by atoms with Crippen molar-refractivity contribution in [1.82, 2.24) is 4.90 Å². The number of carbonyl (C=O) groups excluding carboxylic acids is 2. The molecule has 1 amide bonds. The highest BCUT2D eigenvalue weighted by Gasteiger charge is 2.62. The number of alkyl halides is 3. The van der Waals surface area contributed by atoms with Gasteiger partial charge in [0.05, 0.1) is 23.9 Å². The third kappa shape index (κ3) is 4.25. The fraction of sp³-hybridized carbons (Fsp3) is 0.812. The van der Waals surface area contributed by atoms with Gasteiger partial charge in [0.15, 0.2) is 0 Å². The van der Waals surface area contributed by atoms with E-state index in [9.17, 15) is 27.9 Å². The lowest BCUT2D eigenvalue weighted by Crippen LogP contribution is -2.54. The van der Waals surface area contributed by atoms with Gasteiger partial charge in [0.1, 0.15) is 0 Å². The standard InChI is InChI=1S/C32H44F3NO4/c1-17-13-26-29(36(16-17)28(39)8-7-27(38)32(33,34)35)19(3)31(40-26)12-10-22-23-6-5-20-14-21(37)9-11-30(20,4)25(23)15-24(22)18(31)2/h5,17,19,21-23,25-26,29,37H,6-16H2,1-4H3/t17-,19+,21-,22-,23-,25-,26+,29-,30-,31-/m0/s1. The fourth-order valence-electron chi connectivity index (χ4n) is 10.1. The lowest BCUT2D eigenvalue weighted by molar-refractivity contribution is -0.171. The Morgan fingerprint density at radius 2 is 1.90 bits per heavy atom. The first kappa shape index (κ1) is 28.4. The molecular formula is C32H44F3NO4. The van der Waals surface area contributed by atoms with Crippen LogP contribution in [0.4, 0.5) is 13.2 Å². The van der Waals surface area contributed by atoms with E-state index >= 15 is 0 Å². The molecule has 0 aromatic rings. The summed E-state index contributed by atoms with van der Waals surface area (Å²) in [5, 5.41) is 10.3. The first-order valence-electron chi connectivity index (χ1n) is 15.4. The first-order chi connectivity index (χ1) is 18.8. The molecule has 4 fully saturated rings. The van der Waals surface area contributed by atoms with Gasteiger partial charge in [0.2, 0.25) is 11.7 Å². The number of rotatable bonds is 3. The molecule has 2 saturated heterocycles. The van der Waals surface area contributed by atoms with Gasteiger partial charge in [-0.1, -0.05) is 38.0 Å². The van der Waals surface area contributed by atoms with E-state index in [1.54, 1.807) is 4.90 Å². The summed E-state index contributed by atoms with van der Waals surface area (Å²) in [6.45, 7) is 9.38. The average molecular weight is 564 g/mol. The number of allylic oxidation sites excluding steroid dienone is 2. The molecule has 1 N–H and O–H groups in total. The number of piperidine rings is 1. The predicted molar refractivity (Wildman–Crippen MR) is 144 cm³/mol. The van der Waals surface area contributed by atoms with E-state index in [1.165, 1.54) is 16.7 Å². The van der Waals surface area contributed by atoms with E-state index in [0.29, 0.717) is 24.3 Å². The number of Topliss-reactive ketones (excluding diaryl/α,β-unsaturated/α-hetero) is 1. The maximum atomic E-state index is 13.3. The Balaban J connectivity index is 1.26. The topological polar surface area (TPSA) is 66.8 Å². The van der Waals surface area contributed by atoms with E-state index < -0.39 is 30.4 Å². The molecule has 6 rings (SSSR count). The van der Waals surface area contributed by atoms with Crippen LogP contribution in [-0.2, 0) is 14.3 Å². The Morgan fingerprint density at radius 3 is 2.62 bits per heavy atom. The molecule has 2 heterocycles. The van der Waals surface area contributed by atoms with Crippen molar-refractivity contribution in [3.05, 3.63) is 22.8 Å². The zero-order valence-corrected chi connectivity index (χ0v) is 24.2. The number of hydrogen-bond acceptors (Lipinski definition) is 4. The van der Waals surface area contributed by atoms with Crippen molar-refractivity contribution < 1.29 is 32.6 Å². The van der Waals surface area contributed by atoms with Crippen LogP contribution in [0, 0.1) is 35.0 Å². The van der Waals surface area contributed by atoms with Crippen molar-refractivity contribution in [1.29, 1.82) is 0 Å². The normalized spacial score (nSPS) is 44.6. The number of nitrogens with zero attached hydrogens (tertiary/aromatic N) is 1. The van der Waals surface area contributed by atoms with Gasteiger partial charge >= 0.3 is 6.18 Å². The van der Waals surface area contributed by atoms with E-state index in [4.69, 9.17) is 4.74 Å². The summed E-state index contributed by atoms with van der Waals surface area (Å²) in [5.41, 5.74) is 3.99. The Hall–Kier alpha value is -1.67. The fourth-order valence-corrected chi connectivity index (χ4v) is 10.1. The second-order valence-electron chi connectivity index (χ2n) is 14.2. The Morgan fingerprint density at radius 1 is 1.15 bits per heavy atom. The quantitative estimate of drug-likeness (QED) is 0.418. The molecule has 222 valence electrons. The summed E-state index contributed by atoms with van der Waals surface area (Å²) < 4.78 is 45.4. The second kappa shape index (κ2) is 9.68. The highest BCUT2D eigenvalue weighted by atomic mass is 19.4. The molecule has 40 heavy (non-hydrogen) atoms. The molecule has 0 unspecified atom stereocenters. The van der Waals surface area contributed by atoms with Crippen LogP contribution in [0.25, 0.3) is 0 Å². The average Bonchev–Trinajstić information content (AvgIpc) is 3.41. The SMILES string of the molecule is CC1=C2C[C@H]3[C@@H](CC=C4C[C@@H](O)CC[C@@]43C)[C@@H]2CC[C@]12O[C@@H]1C[C@H](C)CN(C(=O)CCC(=O)C(F)(F)F)[C@H]1[C@H]2C. The number of aliphatic hydroxyl groups excluding tert-OH is 1. The summed E-state index contributed by atoms with van der Waals surface area (Å²) in [6, 6.07) is -0.189. The van der Waals surface area contributed by atoms with Crippen LogP contribution < -0.4 is 0 Å². The molecule has 0 radical (unpaired) electrons. The van der Waals surface area contributed by atoms with Crippen LogP contribution >= 0.6 is 0 Å². The van der Waals surface area contributed by atoms with Gasteiger partial charge in [-0.3, -0.25) is 9.59 Å². The minimum Gasteiger partial charge on any atom is -0.393 e. The van der Waals surface area contributed by atoms with Gasteiger partial charge in [-0.2, -0.15) is 13.2 Å². The molecule has 1 spiro atoms. The highest BCUT2D eigenvalue weighted by molar-refractivity contribution is 5.88. The highest BCUT2D eigenvalue weighted by Crippen LogP contribution is 2.65. The molecule has 0 aromatic heterocycles. The molecule has 5 nitrogen and oxygen atoms in total. The third-order valence-electron chi connectivity index (χ3n) is 12.2. The molecule has 10 atom stereocenters. The summed E-state index contributed by atoms with van der Waals surface area (Å²) >= 11 is 0. The van der Waals surface area contributed by atoms with Gasteiger partial charge in [0.25, 0.3) is 0 Å². The number of aliphatic hydroxyl groups is 1. The van der Waals surface area contributed by atoms with E-state index in [2.05, 4.69) is 33.8 Å². The minimum absolute atomic E-state index is 0.0254. The van der Waals surface area contributed by atoms with Crippen molar-refractivity contribution in [3.8, 4) is 0 Å². The Labute approximate surface area is 235 Å². The molecule has 4 aliphatic carbocycles. The summed E-state index contributed by atoms with van der Waals surface area (Å²) in [6.07, 6.45) is 3.57. The van der Waals surface area contributed by atoms with Crippen molar-refractivity contribution in [2.75, 3.05) is 6.54 Å². The minimum atomic E-state index is -4.91. The van der Waals surface area contributed by atoms with Gasteiger partial charge in [-0.15, -0.1) is 0 Å². The Kier molecular flexibility index (Phi) is 6.89. The van der Waals surface area contributed by atoms with Gasteiger partial charge in [0, 0.05) is 25.3 Å². The zero-order valence-electron chi connectivity index (χ0n) is 24.2. The monoisotopic (exact) mass is 563 g/mol. The number of fused-ring (bicyclic) bond motifs is 6. The maximum absolute atomic E-state index is 13.3. The number of halogens is 3. The van der Waals surface area contributed by atoms with Crippen LogP contribution in [0.5, 0.6) is 0 Å². The lowest BCUT2D eigenvalue weighted by Gasteiger charge is -2.49. The predicted octanol–water partition coefficient (Wildman–Crippen LogP) is 6.15. The van der Waals surface area contributed by atoms with Crippen molar-refractivity contribution >= 4 is 11.7 Å². The van der Waals surface area contributed by atoms with E-state index in [1.807, 2.05) is 0 Å². The largest absolute Gasteiger partial charge is 0.449 e. The number of likely N-dealkylation sites (tertiary alicyclic amines) is 1. The van der Waals surface area contributed by atoms with Crippen LogP contribution in [0.15, 0.2) is 22.8 Å². The van der Waals surface area contributed by atoms with Gasteiger partial charge in [-0.05, 0) is 93.0 Å². The maximum Gasteiger partial charge on any atom is 0.449 e. The van der Waals surface area contributed by atoms with Crippen LogP contribution in [0.3, 0.4) is 0 Å². The molecule has 8 heteroatoms. The summed E-state index contributed by atoms with van der Waals surface area (Å²) in [5.74, 6) is -0.268. The van der Waals surface area contributed by atoms with Crippen LogP contribution in [0.1, 0.15) is 91.9 Å². The molecule has 0 bridgehead atoms. The molecule has 6 aliphatic rings. The van der Waals surface area contributed by atoms with Crippen LogP contribution in [0.2, 0.25) is 0 Å². The number of ether oxygens (including phenoxy) is 1. The first-order valence-corrected chi connectivity index (χ1v) is 15.4. The number of carbonyl (C=O) groups is 2. The van der Waals surface area contributed by atoms with E-state index in [-0.39, 0.29) is 41.4 Å². The van der Waals surface area contributed by atoms with Gasteiger partial charge in [-0.25, -0.2) is 0 Å². The summed E-state index contributed by atoms with van der Waals surface area (Å²) in [7, 11) is 0. The molecule has 0 aromatic carbocycles. The van der Waals surface area contributed by atoms with Crippen molar-refractivity contribution in [3.63, 3.8) is 0 Å². The Bertz CT molecular complexity index is 1150. The molecular weight excluding hydrogens is 519 g/mol. The van der Waals surface area contributed by atoms with Crippen molar-refractivity contribution in [2.24, 2.45) is 35.0 Å². The number of amides is 1. The van der Waals surface area contributed by atoms with Crippen LogP contribution in [-0.4, -0.2) is 58.3 Å². The second-order valence-corrected chi connectivity index (χ2v) is 14.2. The third-order valence-corrected chi connectivity index (χ3v) is 12.2. The number of hydrogen-bond donors (Lipinski definition) is 1. The molecule has 2 aliphatic heterocycles. The van der Waals surface area contributed by atoms with E-state index in [0.717, 1.165) is 51.4 Å².